The van der Waals surface area contributed by atoms with E-state index in [-0.39, 0.29) is 24.6 Å². The zero-order valence-electron chi connectivity index (χ0n) is 17.4. The Bertz CT molecular complexity index is 561. The Hall–Kier alpha value is -0.940. The van der Waals surface area contributed by atoms with Crippen LogP contribution in [-0.2, 0) is 25.6 Å². The van der Waals surface area contributed by atoms with Crippen molar-refractivity contribution in [1.82, 2.24) is 0 Å². The van der Waals surface area contributed by atoms with Gasteiger partial charge in [0.25, 0.3) is 0 Å². The third-order valence-electron chi connectivity index (χ3n) is 5.48. The molecule has 27 heavy (non-hydrogen) atoms. The average molecular weight is 377 g/mol. The van der Waals surface area contributed by atoms with Crippen LogP contribution in [0.3, 0.4) is 0 Å². The molecule has 0 saturated carbocycles. The van der Waals surface area contributed by atoms with E-state index < -0.39 is 5.79 Å². The van der Waals surface area contributed by atoms with Gasteiger partial charge in [-0.2, -0.15) is 0 Å². The van der Waals surface area contributed by atoms with E-state index in [9.17, 15) is 0 Å². The standard InChI is InChI=1S/C23H36O4/c1-5-7-14-23(13-6-2)26-21-20(24-16-18-11-9-8-10-12-18)19(15-17(3)4)25-22(21)27-23/h8-12,17,19-22H,5-7,13-16H2,1-4H3/t19-,20+,21-,22-,23?/m1/s1. The predicted molar refractivity (Wildman–Crippen MR) is 106 cm³/mol. The maximum Gasteiger partial charge on any atom is 0.190 e. The minimum absolute atomic E-state index is 0.0227. The topological polar surface area (TPSA) is 36.9 Å². The van der Waals surface area contributed by atoms with Gasteiger partial charge in [0.15, 0.2) is 12.1 Å². The number of unbranched alkanes of at least 4 members (excludes halogenated alkanes) is 1. The Morgan fingerprint density at radius 2 is 1.81 bits per heavy atom. The number of benzene rings is 1. The molecule has 2 aliphatic rings. The van der Waals surface area contributed by atoms with Gasteiger partial charge in [-0.25, -0.2) is 0 Å². The summed E-state index contributed by atoms with van der Waals surface area (Å²) in [5.41, 5.74) is 1.17. The Balaban J connectivity index is 1.71. The Kier molecular flexibility index (Phi) is 7.32. The molecule has 2 fully saturated rings. The van der Waals surface area contributed by atoms with Gasteiger partial charge in [0, 0.05) is 12.8 Å². The number of ether oxygens (including phenoxy) is 4. The fourth-order valence-electron chi connectivity index (χ4n) is 4.21. The molecule has 4 nitrogen and oxygen atoms in total. The number of hydrogen-bond donors (Lipinski definition) is 0. The van der Waals surface area contributed by atoms with E-state index in [1.54, 1.807) is 0 Å². The molecule has 0 bridgehead atoms. The molecular weight excluding hydrogens is 340 g/mol. The summed E-state index contributed by atoms with van der Waals surface area (Å²) in [4.78, 5) is 0. The Labute approximate surface area is 164 Å². The van der Waals surface area contributed by atoms with E-state index in [4.69, 9.17) is 18.9 Å². The number of fused-ring (bicyclic) bond motifs is 1. The molecule has 152 valence electrons. The SMILES string of the molecule is CCCCC1(CCC)O[C@H]2O[C@H](CC(C)C)[C@H](OCc3ccccc3)[C@H]2O1. The van der Waals surface area contributed by atoms with Gasteiger partial charge in [-0.1, -0.05) is 70.9 Å². The van der Waals surface area contributed by atoms with Gasteiger partial charge in [0.1, 0.15) is 12.2 Å². The molecule has 4 heteroatoms. The van der Waals surface area contributed by atoms with E-state index in [1.165, 1.54) is 5.56 Å². The molecule has 1 unspecified atom stereocenters. The van der Waals surface area contributed by atoms with Crippen LogP contribution in [0, 0.1) is 5.92 Å². The van der Waals surface area contributed by atoms with Crippen molar-refractivity contribution in [3.05, 3.63) is 35.9 Å². The third kappa shape index (κ3) is 5.11. The van der Waals surface area contributed by atoms with Crippen LogP contribution in [0.4, 0.5) is 0 Å². The van der Waals surface area contributed by atoms with Crippen LogP contribution < -0.4 is 0 Å². The van der Waals surface area contributed by atoms with Crippen LogP contribution in [0.25, 0.3) is 0 Å². The normalized spacial score (nSPS) is 32.9. The average Bonchev–Trinajstić information content (AvgIpc) is 3.13. The lowest BCUT2D eigenvalue weighted by molar-refractivity contribution is -0.244. The molecule has 2 heterocycles. The van der Waals surface area contributed by atoms with Gasteiger partial charge in [-0.3, -0.25) is 0 Å². The number of rotatable bonds is 10. The van der Waals surface area contributed by atoms with Gasteiger partial charge in [-0.15, -0.1) is 0 Å². The van der Waals surface area contributed by atoms with Crippen LogP contribution >= 0.6 is 0 Å². The van der Waals surface area contributed by atoms with Crippen LogP contribution in [0.2, 0.25) is 0 Å². The van der Waals surface area contributed by atoms with Crippen molar-refractivity contribution < 1.29 is 18.9 Å². The summed E-state index contributed by atoms with van der Waals surface area (Å²) < 4.78 is 25.6. The van der Waals surface area contributed by atoms with Crippen molar-refractivity contribution >= 4 is 0 Å². The first-order chi connectivity index (χ1) is 13.1. The maximum absolute atomic E-state index is 6.56. The molecule has 0 radical (unpaired) electrons. The van der Waals surface area contributed by atoms with Crippen LogP contribution in [0.15, 0.2) is 30.3 Å². The largest absolute Gasteiger partial charge is 0.368 e. The second-order valence-corrected chi connectivity index (χ2v) is 8.40. The molecule has 1 aromatic carbocycles. The molecule has 2 aliphatic heterocycles. The third-order valence-corrected chi connectivity index (χ3v) is 5.48. The Morgan fingerprint density at radius 3 is 2.48 bits per heavy atom. The summed E-state index contributed by atoms with van der Waals surface area (Å²) in [5.74, 6) is 0.0363. The summed E-state index contributed by atoms with van der Waals surface area (Å²) in [6, 6.07) is 10.3. The lowest BCUT2D eigenvalue weighted by Gasteiger charge is -2.31. The lowest BCUT2D eigenvalue weighted by Crippen LogP contribution is -2.39. The van der Waals surface area contributed by atoms with E-state index in [1.807, 2.05) is 18.2 Å². The number of hydrogen-bond acceptors (Lipinski definition) is 4. The van der Waals surface area contributed by atoms with Crippen molar-refractivity contribution in [2.45, 2.75) is 103 Å². The maximum atomic E-state index is 6.56. The van der Waals surface area contributed by atoms with Crippen LogP contribution in [-0.4, -0.2) is 30.4 Å². The smallest absolute Gasteiger partial charge is 0.190 e. The van der Waals surface area contributed by atoms with Gasteiger partial charge in [-0.05, 0) is 24.3 Å². The van der Waals surface area contributed by atoms with Crippen LogP contribution in [0.5, 0.6) is 0 Å². The fourth-order valence-corrected chi connectivity index (χ4v) is 4.21. The molecule has 0 spiro atoms. The predicted octanol–water partition coefficient (Wildman–Crippen LogP) is 5.44. The zero-order chi connectivity index (χ0) is 19.3. The molecule has 1 aromatic rings. The molecule has 0 aromatic heterocycles. The van der Waals surface area contributed by atoms with E-state index >= 15 is 0 Å². The molecule has 0 N–H and O–H groups in total. The summed E-state index contributed by atoms with van der Waals surface area (Å²) >= 11 is 0. The first-order valence-electron chi connectivity index (χ1n) is 10.7. The summed E-state index contributed by atoms with van der Waals surface area (Å²) in [6.45, 7) is 9.40. The van der Waals surface area contributed by atoms with Crippen LogP contribution in [0.1, 0.15) is 71.8 Å². The van der Waals surface area contributed by atoms with Gasteiger partial charge >= 0.3 is 0 Å². The first kappa shape index (κ1) is 20.8. The Morgan fingerprint density at radius 1 is 1.04 bits per heavy atom. The molecule has 0 aliphatic carbocycles. The minimum Gasteiger partial charge on any atom is -0.368 e. The van der Waals surface area contributed by atoms with E-state index in [0.717, 1.165) is 38.5 Å². The van der Waals surface area contributed by atoms with Gasteiger partial charge in [0.2, 0.25) is 0 Å². The van der Waals surface area contributed by atoms with Crippen molar-refractivity contribution in [2.24, 2.45) is 5.92 Å². The van der Waals surface area contributed by atoms with E-state index in [2.05, 4.69) is 39.8 Å². The highest BCUT2D eigenvalue weighted by Crippen LogP contribution is 2.44. The summed E-state index contributed by atoms with van der Waals surface area (Å²) in [5, 5.41) is 0. The van der Waals surface area contributed by atoms with Gasteiger partial charge in [0.05, 0.1) is 12.7 Å². The first-order valence-corrected chi connectivity index (χ1v) is 10.7. The van der Waals surface area contributed by atoms with Crippen molar-refractivity contribution in [1.29, 1.82) is 0 Å². The van der Waals surface area contributed by atoms with E-state index in [0.29, 0.717) is 12.5 Å². The quantitative estimate of drug-likeness (QED) is 0.544. The molecule has 2 saturated heterocycles. The molecule has 3 rings (SSSR count). The summed E-state index contributed by atoms with van der Waals surface area (Å²) in [7, 11) is 0. The highest BCUT2D eigenvalue weighted by atomic mass is 16.8. The summed E-state index contributed by atoms with van der Waals surface area (Å²) in [6.07, 6.45) is 5.55. The zero-order valence-corrected chi connectivity index (χ0v) is 17.4. The fraction of sp³-hybridized carbons (Fsp3) is 0.739. The molecule has 0 amide bonds. The minimum atomic E-state index is -0.503. The highest BCUT2D eigenvalue weighted by Gasteiger charge is 2.57. The second-order valence-electron chi connectivity index (χ2n) is 8.40. The second kappa shape index (κ2) is 9.51. The molecular formula is C23H36O4. The lowest BCUT2D eigenvalue weighted by atomic mass is 10.00. The van der Waals surface area contributed by atoms with Crippen molar-refractivity contribution in [2.75, 3.05) is 0 Å². The monoisotopic (exact) mass is 376 g/mol. The van der Waals surface area contributed by atoms with Crippen molar-refractivity contribution in [3.63, 3.8) is 0 Å². The van der Waals surface area contributed by atoms with Gasteiger partial charge < -0.3 is 18.9 Å². The molecule has 5 atom stereocenters. The highest BCUT2D eigenvalue weighted by molar-refractivity contribution is 5.13. The van der Waals surface area contributed by atoms with Crippen molar-refractivity contribution in [3.8, 4) is 0 Å².